The number of fused-ring (bicyclic) bond motifs is 2. The average molecular weight is 283 g/mol. The van der Waals surface area contributed by atoms with E-state index in [-0.39, 0.29) is 10.6 Å². The van der Waals surface area contributed by atoms with Crippen LogP contribution < -0.4 is 15.8 Å². The first-order valence-corrected chi connectivity index (χ1v) is 7.32. The Bertz CT molecular complexity index is 506. The minimum Gasteiger partial charge on any atom is -0.366 e. The molecule has 2 bridgehead atoms. The second-order valence-corrected chi connectivity index (χ2v) is 5.83. The van der Waals surface area contributed by atoms with E-state index in [4.69, 9.17) is 11.6 Å². The summed E-state index contributed by atoms with van der Waals surface area (Å²) in [5.74, 6) is 0. The van der Waals surface area contributed by atoms with Crippen LogP contribution in [0.15, 0.2) is 11.0 Å². The second kappa shape index (κ2) is 5.13. The van der Waals surface area contributed by atoms with Crippen molar-refractivity contribution in [1.82, 2.24) is 15.5 Å². The van der Waals surface area contributed by atoms with Gasteiger partial charge in [-0.1, -0.05) is 11.6 Å². The number of halogens is 1. The van der Waals surface area contributed by atoms with Crippen LogP contribution in [0.3, 0.4) is 0 Å². The molecule has 2 aliphatic rings. The quantitative estimate of drug-likeness (QED) is 0.883. The number of rotatable bonds is 3. The van der Waals surface area contributed by atoms with Gasteiger partial charge < -0.3 is 10.2 Å². The van der Waals surface area contributed by atoms with Gasteiger partial charge in [-0.25, -0.2) is 5.10 Å². The molecule has 2 aliphatic heterocycles. The largest absolute Gasteiger partial charge is 0.366 e. The zero-order valence-corrected chi connectivity index (χ0v) is 11.8. The maximum atomic E-state index is 11.6. The fraction of sp³-hybridized carbons (Fsp3) is 0.692. The Labute approximate surface area is 117 Å². The molecule has 0 aromatic carbocycles. The van der Waals surface area contributed by atoms with Crippen LogP contribution in [-0.4, -0.2) is 34.9 Å². The lowest BCUT2D eigenvalue weighted by Gasteiger charge is -2.38. The molecule has 1 aromatic heterocycles. The molecule has 0 saturated carbocycles. The highest BCUT2D eigenvalue weighted by Crippen LogP contribution is 2.33. The summed E-state index contributed by atoms with van der Waals surface area (Å²) in [6.45, 7) is 2.94. The fourth-order valence-electron chi connectivity index (χ4n) is 3.48. The lowest BCUT2D eigenvalue weighted by Crippen LogP contribution is -2.48. The summed E-state index contributed by atoms with van der Waals surface area (Å²) in [7, 11) is 0. The molecular formula is C13H19ClN4O. The van der Waals surface area contributed by atoms with Crippen LogP contribution >= 0.6 is 11.6 Å². The third-order valence-electron chi connectivity index (χ3n) is 4.32. The number of anilines is 1. The summed E-state index contributed by atoms with van der Waals surface area (Å²) < 4.78 is 0. The van der Waals surface area contributed by atoms with E-state index in [2.05, 4.69) is 27.3 Å². The van der Waals surface area contributed by atoms with E-state index in [1.165, 1.54) is 12.8 Å². The second-order valence-electron chi connectivity index (χ2n) is 5.45. The highest BCUT2D eigenvalue weighted by atomic mass is 35.5. The Morgan fingerprint density at radius 2 is 2.11 bits per heavy atom. The summed E-state index contributed by atoms with van der Waals surface area (Å²) in [6, 6.07) is 1.68. The molecule has 2 fully saturated rings. The molecule has 3 heterocycles. The first-order valence-electron chi connectivity index (χ1n) is 6.95. The number of nitrogens with zero attached hydrogens (tertiary/aromatic N) is 2. The van der Waals surface area contributed by atoms with Gasteiger partial charge in [-0.3, -0.25) is 4.79 Å². The lowest BCUT2D eigenvalue weighted by atomic mass is 9.98. The zero-order valence-electron chi connectivity index (χ0n) is 11.0. The van der Waals surface area contributed by atoms with Crippen LogP contribution in [-0.2, 0) is 0 Å². The van der Waals surface area contributed by atoms with Crippen molar-refractivity contribution in [2.45, 2.75) is 50.7 Å². The van der Waals surface area contributed by atoms with Gasteiger partial charge in [-0.15, -0.1) is 0 Å². The molecular weight excluding hydrogens is 264 g/mol. The van der Waals surface area contributed by atoms with Crippen LogP contribution in [0, 0.1) is 0 Å². The molecule has 0 spiro atoms. The average Bonchev–Trinajstić information content (AvgIpc) is 2.74. The molecule has 19 heavy (non-hydrogen) atoms. The summed E-state index contributed by atoms with van der Waals surface area (Å²) in [6.07, 6.45) is 6.43. The van der Waals surface area contributed by atoms with E-state index in [0.29, 0.717) is 18.1 Å². The van der Waals surface area contributed by atoms with Crippen molar-refractivity contribution in [3.8, 4) is 0 Å². The molecule has 1 aromatic rings. The third-order valence-corrected chi connectivity index (χ3v) is 4.68. The number of hydrogen-bond donors (Lipinski definition) is 2. The Morgan fingerprint density at radius 3 is 2.74 bits per heavy atom. The van der Waals surface area contributed by atoms with Crippen LogP contribution in [0.1, 0.15) is 32.6 Å². The summed E-state index contributed by atoms with van der Waals surface area (Å²) in [4.78, 5) is 13.8. The van der Waals surface area contributed by atoms with Crippen molar-refractivity contribution in [2.75, 3.05) is 11.4 Å². The first-order chi connectivity index (χ1) is 9.19. The molecule has 2 unspecified atom stereocenters. The molecule has 6 heteroatoms. The van der Waals surface area contributed by atoms with Gasteiger partial charge in [-0.05, 0) is 32.6 Å². The highest BCUT2D eigenvalue weighted by molar-refractivity contribution is 6.33. The molecule has 3 rings (SSSR count). The third kappa shape index (κ3) is 2.37. The SMILES string of the molecule is CCN(c1cn[nH]c(=O)c1Cl)C1CC2CCC(C1)N2. The van der Waals surface area contributed by atoms with Crippen molar-refractivity contribution < 1.29 is 0 Å². The molecule has 5 nitrogen and oxygen atoms in total. The van der Waals surface area contributed by atoms with Crippen LogP contribution in [0.2, 0.25) is 5.02 Å². The van der Waals surface area contributed by atoms with Gasteiger partial charge in [0, 0.05) is 24.7 Å². The monoisotopic (exact) mass is 282 g/mol. The molecule has 104 valence electrons. The van der Waals surface area contributed by atoms with Crippen molar-refractivity contribution in [3.63, 3.8) is 0 Å². The lowest BCUT2D eigenvalue weighted by molar-refractivity contribution is 0.349. The van der Waals surface area contributed by atoms with Crippen molar-refractivity contribution >= 4 is 17.3 Å². The number of nitrogens with one attached hydrogen (secondary N) is 2. The van der Waals surface area contributed by atoms with Gasteiger partial charge in [0.1, 0.15) is 5.02 Å². The van der Waals surface area contributed by atoms with Gasteiger partial charge in [0.05, 0.1) is 11.9 Å². The molecule has 2 atom stereocenters. The number of piperidine rings is 1. The molecule has 2 saturated heterocycles. The smallest absolute Gasteiger partial charge is 0.285 e. The summed E-state index contributed by atoms with van der Waals surface area (Å²) in [5, 5.41) is 10.1. The van der Waals surface area contributed by atoms with Crippen molar-refractivity contribution in [3.05, 3.63) is 21.6 Å². The summed E-state index contributed by atoms with van der Waals surface area (Å²) >= 11 is 6.13. The predicted molar refractivity (Wildman–Crippen MR) is 75.9 cm³/mol. The minimum atomic E-state index is -0.311. The molecule has 0 amide bonds. The van der Waals surface area contributed by atoms with Crippen LogP contribution in [0.25, 0.3) is 0 Å². The number of aromatic amines is 1. The Balaban J connectivity index is 1.88. The standard InChI is InChI=1S/C13H19ClN4O/c1-2-18(11-7-15-17-13(19)12(11)14)10-5-8-3-4-9(6-10)16-8/h7-10,16H,2-6H2,1H3,(H,17,19). The molecule has 0 aliphatic carbocycles. The number of H-pyrrole nitrogens is 1. The normalized spacial score (nSPS) is 29.5. The van der Waals surface area contributed by atoms with Crippen LogP contribution in [0.5, 0.6) is 0 Å². The maximum Gasteiger partial charge on any atom is 0.285 e. The van der Waals surface area contributed by atoms with E-state index in [0.717, 1.165) is 25.1 Å². The van der Waals surface area contributed by atoms with Crippen LogP contribution in [0.4, 0.5) is 5.69 Å². The zero-order chi connectivity index (χ0) is 13.4. The minimum absolute atomic E-state index is 0.253. The maximum absolute atomic E-state index is 11.6. The fourth-order valence-corrected chi connectivity index (χ4v) is 3.68. The molecule has 0 radical (unpaired) electrons. The van der Waals surface area contributed by atoms with E-state index in [9.17, 15) is 4.79 Å². The van der Waals surface area contributed by atoms with Gasteiger partial charge in [0.15, 0.2) is 0 Å². The van der Waals surface area contributed by atoms with E-state index in [1.807, 2.05) is 0 Å². The van der Waals surface area contributed by atoms with E-state index in [1.54, 1.807) is 6.20 Å². The van der Waals surface area contributed by atoms with Crippen molar-refractivity contribution in [2.24, 2.45) is 0 Å². The highest BCUT2D eigenvalue weighted by Gasteiger charge is 2.36. The summed E-state index contributed by atoms with van der Waals surface area (Å²) in [5.41, 5.74) is 0.453. The number of hydrogen-bond acceptors (Lipinski definition) is 4. The van der Waals surface area contributed by atoms with E-state index >= 15 is 0 Å². The van der Waals surface area contributed by atoms with E-state index < -0.39 is 0 Å². The number of aromatic nitrogens is 2. The van der Waals surface area contributed by atoms with Gasteiger partial charge in [0.2, 0.25) is 0 Å². The Hall–Kier alpha value is -1.07. The van der Waals surface area contributed by atoms with Gasteiger partial charge in [0.25, 0.3) is 5.56 Å². The Morgan fingerprint density at radius 1 is 1.42 bits per heavy atom. The Kier molecular flexibility index (Phi) is 3.50. The van der Waals surface area contributed by atoms with Gasteiger partial charge >= 0.3 is 0 Å². The molecule has 2 N–H and O–H groups in total. The predicted octanol–water partition coefficient (Wildman–Crippen LogP) is 1.53. The van der Waals surface area contributed by atoms with Gasteiger partial charge in [-0.2, -0.15) is 5.10 Å². The van der Waals surface area contributed by atoms with Crippen molar-refractivity contribution in [1.29, 1.82) is 0 Å². The topological polar surface area (TPSA) is 61.0 Å². The first kappa shape index (κ1) is 12.9.